The number of carbonyl (C=O) groups is 1. The summed E-state index contributed by atoms with van der Waals surface area (Å²) >= 11 is 0. The van der Waals surface area contributed by atoms with Crippen molar-refractivity contribution in [1.29, 1.82) is 0 Å². The summed E-state index contributed by atoms with van der Waals surface area (Å²) in [5, 5.41) is 6.03. The van der Waals surface area contributed by atoms with Gasteiger partial charge in [-0.1, -0.05) is 24.3 Å². The standard InChI is InChI=1S/C22H24N4O2/c1-15(2)28-19-10-8-18(9-11-19)26-21-14-23-20(13-24-21)22(27)25-12-17-7-5-4-6-16(17)3/h4-11,13-15H,12H2,1-3H3,(H,24,26)(H,25,27). The second-order valence-electron chi connectivity index (χ2n) is 6.71. The van der Waals surface area contributed by atoms with Gasteiger partial charge in [0, 0.05) is 12.2 Å². The van der Waals surface area contributed by atoms with Crippen LogP contribution >= 0.6 is 0 Å². The molecule has 0 aliphatic heterocycles. The average Bonchev–Trinajstić information content (AvgIpc) is 2.69. The van der Waals surface area contributed by atoms with E-state index < -0.39 is 0 Å². The van der Waals surface area contributed by atoms with Crippen LogP contribution in [0.2, 0.25) is 0 Å². The molecular weight excluding hydrogens is 352 g/mol. The molecule has 1 heterocycles. The number of benzene rings is 2. The van der Waals surface area contributed by atoms with Gasteiger partial charge in [0.15, 0.2) is 0 Å². The van der Waals surface area contributed by atoms with Crippen LogP contribution in [-0.2, 0) is 6.54 Å². The maximum atomic E-state index is 12.3. The van der Waals surface area contributed by atoms with Crippen molar-refractivity contribution in [1.82, 2.24) is 15.3 Å². The summed E-state index contributed by atoms with van der Waals surface area (Å²) in [4.78, 5) is 20.8. The number of hydrogen-bond donors (Lipinski definition) is 2. The zero-order chi connectivity index (χ0) is 19.9. The number of rotatable bonds is 7. The van der Waals surface area contributed by atoms with Crippen LogP contribution in [0, 0.1) is 6.92 Å². The molecule has 6 nitrogen and oxygen atoms in total. The van der Waals surface area contributed by atoms with E-state index in [1.165, 1.54) is 6.20 Å². The Morgan fingerprint density at radius 2 is 1.79 bits per heavy atom. The summed E-state index contributed by atoms with van der Waals surface area (Å²) in [6.07, 6.45) is 3.14. The zero-order valence-electron chi connectivity index (χ0n) is 16.3. The minimum atomic E-state index is -0.252. The van der Waals surface area contributed by atoms with Crippen molar-refractivity contribution in [2.24, 2.45) is 0 Å². The van der Waals surface area contributed by atoms with Gasteiger partial charge >= 0.3 is 0 Å². The molecule has 0 aliphatic carbocycles. The molecule has 28 heavy (non-hydrogen) atoms. The molecule has 0 atom stereocenters. The second kappa shape index (κ2) is 8.99. The summed E-state index contributed by atoms with van der Waals surface area (Å²) in [7, 11) is 0. The Morgan fingerprint density at radius 1 is 1.04 bits per heavy atom. The van der Waals surface area contributed by atoms with E-state index in [4.69, 9.17) is 4.74 Å². The molecule has 0 radical (unpaired) electrons. The van der Waals surface area contributed by atoms with Gasteiger partial charge in [-0.3, -0.25) is 4.79 Å². The van der Waals surface area contributed by atoms with E-state index in [2.05, 4.69) is 20.6 Å². The van der Waals surface area contributed by atoms with Crippen LogP contribution in [0.5, 0.6) is 5.75 Å². The molecule has 0 saturated carbocycles. The largest absolute Gasteiger partial charge is 0.491 e. The molecule has 0 bridgehead atoms. The molecule has 0 fully saturated rings. The highest BCUT2D eigenvalue weighted by Crippen LogP contribution is 2.19. The Kier molecular flexibility index (Phi) is 6.22. The first-order chi connectivity index (χ1) is 13.5. The van der Waals surface area contributed by atoms with Gasteiger partial charge < -0.3 is 15.4 Å². The van der Waals surface area contributed by atoms with Crippen molar-refractivity contribution < 1.29 is 9.53 Å². The highest BCUT2D eigenvalue weighted by atomic mass is 16.5. The third kappa shape index (κ3) is 5.30. The number of anilines is 2. The van der Waals surface area contributed by atoms with E-state index in [-0.39, 0.29) is 17.7 Å². The Labute approximate surface area is 165 Å². The van der Waals surface area contributed by atoms with Gasteiger partial charge in [0.2, 0.25) is 0 Å². The third-order valence-electron chi connectivity index (χ3n) is 4.08. The van der Waals surface area contributed by atoms with E-state index in [1.54, 1.807) is 6.20 Å². The van der Waals surface area contributed by atoms with E-state index in [0.717, 1.165) is 22.6 Å². The molecule has 2 aromatic carbocycles. The predicted octanol–water partition coefficient (Wildman–Crippen LogP) is 4.25. The van der Waals surface area contributed by atoms with Crippen molar-refractivity contribution in [3.05, 3.63) is 77.7 Å². The molecule has 0 unspecified atom stereocenters. The number of amides is 1. The fraction of sp³-hybridized carbons (Fsp3) is 0.227. The van der Waals surface area contributed by atoms with Gasteiger partial charge in [0.1, 0.15) is 17.3 Å². The van der Waals surface area contributed by atoms with Crippen molar-refractivity contribution in [2.45, 2.75) is 33.4 Å². The van der Waals surface area contributed by atoms with Crippen LogP contribution in [0.25, 0.3) is 0 Å². The quantitative estimate of drug-likeness (QED) is 0.645. The van der Waals surface area contributed by atoms with Crippen LogP contribution < -0.4 is 15.4 Å². The monoisotopic (exact) mass is 376 g/mol. The van der Waals surface area contributed by atoms with Gasteiger partial charge in [0.05, 0.1) is 18.5 Å². The van der Waals surface area contributed by atoms with Gasteiger partial charge in [0.25, 0.3) is 5.91 Å². The molecule has 0 aliphatic rings. The predicted molar refractivity (Wildman–Crippen MR) is 110 cm³/mol. The number of aromatic nitrogens is 2. The van der Waals surface area contributed by atoms with Crippen LogP contribution in [0.1, 0.15) is 35.5 Å². The Balaban J connectivity index is 1.57. The highest BCUT2D eigenvalue weighted by Gasteiger charge is 2.09. The molecule has 144 valence electrons. The number of carbonyl (C=O) groups excluding carboxylic acids is 1. The number of nitrogens with zero attached hydrogens (tertiary/aromatic N) is 2. The van der Waals surface area contributed by atoms with Gasteiger partial charge in [-0.05, 0) is 56.2 Å². The topological polar surface area (TPSA) is 76.1 Å². The van der Waals surface area contributed by atoms with Gasteiger partial charge in [-0.2, -0.15) is 0 Å². The van der Waals surface area contributed by atoms with E-state index >= 15 is 0 Å². The lowest BCUT2D eigenvalue weighted by atomic mass is 10.1. The first-order valence-electron chi connectivity index (χ1n) is 9.20. The molecule has 1 aromatic heterocycles. The van der Waals surface area contributed by atoms with Crippen molar-refractivity contribution in [3.8, 4) is 5.75 Å². The molecular formula is C22H24N4O2. The fourth-order valence-electron chi connectivity index (χ4n) is 2.62. The summed E-state index contributed by atoms with van der Waals surface area (Å²) < 4.78 is 5.62. The van der Waals surface area contributed by atoms with Crippen LogP contribution in [0.4, 0.5) is 11.5 Å². The lowest BCUT2D eigenvalue weighted by Gasteiger charge is -2.11. The smallest absolute Gasteiger partial charge is 0.271 e. The molecule has 0 spiro atoms. The summed E-state index contributed by atoms with van der Waals surface area (Å²) in [6, 6.07) is 15.5. The molecule has 6 heteroatoms. The van der Waals surface area contributed by atoms with Crippen molar-refractivity contribution in [2.75, 3.05) is 5.32 Å². The van der Waals surface area contributed by atoms with Crippen LogP contribution in [0.15, 0.2) is 60.9 Å². The molecule has 1 amide bonds. The Bertz CT molecular complexity index is 922. The molecule has 3 rings (SSSR count). The number of hydrogen-bond acceptors (Lipinski definition) is 5. The molecule has 0 saturated heterocycles. The third-order valence-corrected chi connectivity index (χ3v) is 4.08. The zero-order valence-corrected chi connectivity index (χ0v) is 16.3. The van der Waals surface area contributed by atoms with E-state index in [9.17, 15) is 4.79 Å². The summed E-state index contributed by atoms with van der Waals surface area (Å²) in [6.45, 7) is 6.45. The first kappa shape index (κ1) is 19.4. The van der Waals surface area contributed by atoms with Crippen molar-refractivity contribution in [3.63, 3.8) is 0 Å². The van der Waals surface area contributed by atoms with Crippen LogP contribution in [-0.4, -0.2) is 22.0 Å². The SMILES string of the molecule is Cc1ccccc1CNC(=O)c1cnc(Nc2ccc(OC(C)C)cc2)cn1. The van der Waals surface area contributed by atoms with E-state index in [1.807, 2.05) is 69.3 Å². The maximum Gasteiger partial charge on any atom is 0.271 e. The second-order valence-corrected chi connectivity index (χ2v) is 6.71. The summed E-state index contributed by atoms with van der Waals surface area (Å²) in [5.41, 5.74) is 3.35. The Morgan fingerprint density at radius 3 is 2.43 bits per heavy atom. The highest BCUT2D eigenvalue weighted by molar-refractivity contribution is 5.92. The number of nitrogens with one attached hydrogen (secondary N) is 2. The molecule has 3 aromatic rings. The lowest BCUT2D eigenvalue weighted by Crippen LogP contribution is -2.24. The van der Waals surface area contributed by atoms with Crippen LogP contribution in [0.3, 0.4) is 0 Å². The van der Waals surface area contributed by atoms with Gasteiger partial charge in [-0.15, -0.1) is 0 Å². The minimum Gasteiger partial charge on any atom is -0.491 e. The molecule has 2 N–H and O–H groups in total. The number of ether oxygens (including phenoxy) is 1. The van der Waals surface area contributed by atoms with Gasteiger partial charge in [-0.25, -0.2) is 9.97 Å². The van der Waals surface area contributed by atoms with E-state index in [0.29, 0.717) is 12.4 Å². The van der Waals surface area contributed by atoms with Crippen molar-refractivity contribution >= 4 is 17.4 Å². The lowest BCUT2D eigenvalue weighted by molar-refractivity contribution is 0.0945. The minimum absolute atomic E-state index is 0.133. The normalized spacial score (nSPS) is 10.6. The first-order valence-corrected chi connectivity index (χ1v) is 9.20. The Hall–Kier alpha value is -3.41. The number of aryl methyl sites for hydroxylation is 1. The fourth-order valence-corrected chi connectivity index (χ4v) is 2.62. The summed E-state index contributed by atoms with van der Waals surface area (Å²) in [5.74, 6) is 1.12. The average molecular weight is 376 g/mol. The maximum absolute atomic E-state index is 12.3.